The zero-order valence-corrected chi connectivity index (χ0v) is 9.35. The van der Waals surface area contributed by atoms with Gasteiger partial charge in [-0.2, -0.15) is 0 Å². The lowest BCUT2D eigenvalue weighted by atomic mass is 10.2. The van der Waals surface area contributed by atoms with Crippen molar-refractivity contribution in [2.45, 2.75) is 0 Å². The van der Waals surface area contributed by atoms with Gasteiger partial charge in [0.15, 0.2) is 0 Å². The first kappa shape index (κ1) is 11.9. The fourth-order valence-electron chi connectivity index (χ4n) is 1.51. The first-order valence-electron chi connectivity index (χ1n) is 5.22. The maximum Gasteiger partial charge on any atom is 0.335 e. The van der Waals surface area contributed by atoms with E-state index in [-0.39, 0.29) is 11.3 Å². The van der Waals surface area contributed by atoms with Crippen LogP contribution < -0.4 is 11.1 Å². The third-order valence-electron chi connectivity index (χ3n) is 2.45. The Labute approximate surface area is 103 Å². The van der Waals surface area contributed by atoms with Gasteiger partial charge in [0.1, 0.15) is 5.82 Å². The molecule has 4 nitrogen and oxygen atoms in total. The van der Waals surface area contributed by atoms with Gasteiger partial charge in [0.2, 0.25) is 0 Å². The molecule has 0 aliphatic rings. The van der Waals surface area contributed by atoms with Crippen LogP contribution in [0.3, 0.4) is 0 Å². The van der Waals surface area contributed by atoms with E-state index in [1.165, 1.54) is 12.1 Å². The summed E-state index contributed by atoms with van der Waals surface area (Å²) in [6.45, 7) is 0. The molecule has 2 aromatic carbocycles. The van der Waals surface area contributed by atoms with Crippen molar-refractivity contribution in [2.24, 2.45) is 0 Å². The Morgan fingerprint density at radius 2 is 1.89 bits per heavy atom. The molecule has 0 fully saturated rings. The Balaban J connectivity index is 2.30. The maximum atomic E-state index is 13.7. The Kier molecular flexibility index (Phi) is 3.14. The Morgan fingerprint density at radius 3 is 2.50 bits per heavy atom. The number of nitrogens with two attached hydrogens (primary N) is 1. The number of rotatable bonds is 3. The third kappa shape index (κ3) is 2.40. The SMILES string of the molecule is Nc1ccccc1Nc1ccc(C(=O)O)cc1F. The van der Waals surface area contributed by atoms with Crippen LogP contribution in [0, 0.1) is 5.82 Å². The molecule has 2 rings (SSSR count). The van der Waals surface area contributed by atoms with E-state index in [9.17, 15) is 9.18 Å². The van der Waals surface area contributed by atoms with Crippen LogP contribution in [0.4, 0.5) is 21.5 Å². The number of carboxylic acid groups (broad SMARTS) is 1. The summed E-state index contributed by atoms with van der Waals surface area (Å²) in [5.74, 6) is -1.81. The Hall–Kier alpha value is -2.56. The highest BCUT2D eigenvalue weighted by Gasteiger charge is 2.09. The Bertz CT molecular complexity index is 599. The molecule has 0 aromatic heterocycles. The second-order valence-corrected chi connectivity index (χ2v) is 3.71. The molecule has 0 aliphatic heterocycles. The van der Waals surface area contributed by atoms with E-state index in [4.69, 9.17) is 10.8 Å². The van der Waals surface area contributed by atoms with E-state index in [1.807, 2.05) is 0 Å². The number of anilines is 3. The van der Waals surface area contributed by atoms with E-state index >= 15 is 0 Å². The van der Waals surface area contributed by atoms with Crippen LogP contribution in [-0.4, -0.2) is 11.1 Å². The number of aromatic carboxylic acids is 1. The number of carbonyl (C=O) groups is 1. The number of nitrogens with one attached hydrogen (secondary N) is 1. The lowest BCUT2D eigenvalue weighted by Gasteiger charge is -2.10. The smallest absolute Gasteiger partial charge is 0.335 e. The predicted octanol–water partition coefficient (Wildman–Crippen LogP) is 2.85. The summed E-state index contributed by atoms with van der Waals surface area (Å²) < 4.78 is 13.7. The van der Waals surface area contributed by atoms with Crippen molar-refractivity contribution in [2.75, 3.05) is 11.1 Å². The number of nitrogen functional groups attached to an aromatic ring is 1. The van der Waals surface area contributed by atoms with Gasteiger partial charge in [-0.1, -0.05) is 12.1 Å². The topological polar surface area (TPSA) is 75.3 Å². The number of halogens is 1. The fourth-order valence-corrected chi connectivity index (χ4v) is 1.51. The van der Waals surface area contributed by atoms with Crippen molar-refractivity contribution in [3.63, 3.8) is 0 Å². The minimum atomic E-state index is -1.17. The number of hydrogen-bond acceptors (Lipinski definition) is 3. The second kappa shape index (κ2) is 4.75. The summed E-state index contributed by atoms with van der Waals surface area (Å²) in [6, 6.07) is 10.6. The zero-order chi connectivity index (χ0) is 13.1. The van der Waals surface area contributed by atoms with Crippen molar-refractivity contribution in [3.05, 3.63) is 53.8 Å². The maximum absolute atomic E-state index is 13.7. The average molecular weight is 246 g/mol. The van der Waals surface area contributed by atoms with Crippen LogP contribution >= 0.6 is 0 Å². The molecule has 5 heteroatoms. The number of para-hydroxylation sites is 2. The summed E-state index contributed by atoms with van der Waals surface area (Å²) in [7, 11) is 0. The number of benzene rings is 2. The second-order valence-electron chi connectivity index (χ2n) is 3.71. The van der Waals surface area contributed by atoms with Gasteiger partial charge in [-0.05, 0) is 30.3 Å². The third-order valence-corrected chi connectivity index (χ3v) is 2.45. The van der Waals surface area contributed by atoms with E-state index in [0.717, 1.165) is 6.07 Å². The highest BCUT2D eigenvalue weighted by atomic mass is 19.1. The van der Waals surface area contributed by atoms with Gasteiger partial charge in [-0.25, -0.2) is 9.18 Å². The van der Waals surface area contributed by atoms with Gasteiger partial charge < -0.3 is 16.2 Å². The number of carboxylic acids is 1. The molecule has 0 aliphatic carbocycles. The molecule has 0 saturated heterocycles. The van der Waals surface area contributed by atoms with Crippen LogP contribution in [0.2, 0.25) is 0 Å². The van der Waals surface area contributed by atoms with E-state index in [0.29, 0.717) is 11.4 Å². The molecule has 92 valence electrons. The molecule has 0 saturated carbocycles. The van der Waals surface area contributed by atoms with Crippen molar-refractivity contribution >= 4 is 23.0 Å². The van der Waals surface area contributed by atoms with Gasteiger partial charge in [-0.3, -0.25) is 0 Å². The van der Waals surface area contributed by atoms with Gasteiger partial charge in [0.25, 0.3) is 0 Å². The standard InChI is InChI=1S/C13H11FN2O2/c14-9-7-8(13(17)18)5-6-11(9)16-12-4-2-1-3-10(12)15/h1-7,16H,15H2,(H,17,18). The summed E-state index contributed by atoms with van der Waals surface area (Å²) in [5.41, 5.74) is 6.85. The van der Waals surface area contributed by atoms with Crippen molar-refractivity contribution in [3.8, 4) is 0 Å². The molecule has 0 radical (unpaired) electrons. The van der Waals surface area contributed by atoms with Crippen LogP contribution in [0.25, 0.3) is 0 Å². The van der Waals surface area contributed by atoms with E-state index in [1.54, 1.807) is 24.3 Å². The zero-order valence-electron chi connectivity index (χ0n) is 9.35. The van der Waals surface area contributed by atoms with Crippen LogP contribution in [0.1, 0.15) is 10.4 Å². The predicted molar refractivity (Wildman–Crippen MR) is 67.5 cm³/mol. The minimum Gasteiger partial charge on any atom is -0.478 e. The highest BCUT2D eigenvalue weighted by Crippen LogP contribution is 2.25. The molecular weight excluding hydrogens is 235 g/mol. The van der Waals surface area contributed by atoms with Gasteiger partial charge >= 0.3 is 5.97 Å². The number of hydrogen-bond donors (Lipinski definition) is 3. The summed E-state index contributed by atoms with van der Waals surface area (Å²) in [4.78, 5) is 10.7. The molecule has 0 amide bonds. The highest BCUT2D eigenvalue weighted by molar-refractivity contribution is 5.88. The molecule has 0 heterocycles. The average Bonchev–Trinajstić information content (AvgIpc) is 2.34. The summed E-state index contributed by atoms with van der Waals surface area (Å²) >= 11 is 0. The summed E-state index contributed by atoms with van der Waals surface area (Å²) in [6.07, 6.45) is 0. The first-order valence-corrected chi connectivity index (χ1v) is 5.22. The van der Waals surface area contributed by atoms with Crippen LogP contribution in [0.15, 0.2) is 42.5 Å². The lowest BCUT2D eigenvalue weighted by Crippen LogP contribution is -2.01. The van der Waals surface area contributed by atoms with Crippen molar-refractivity contribution in [1.29, 1.82) is 0 Å². The molecule has 0 spiro atoms. The molecule has 18 heavy (non-hydrogen) atoms. The molecule has 2 aromatic rings. The lowest BCUT2D eigenvalue weighted by molar-refractivity contribution is 0.0696. The van der Waals surface area contributed by atoms with Gasteiger partial charge in [-0.15, -0.1) is 0 Å². The molecule has 0 bridgehead atoms. The van der Waals surface area contributed by atoms with E-state index < -0.39 is 11.8 Å². The van der Waals surface area contributed by atoms with Gasteiger partial charge in [0.05, 0.1) is 22.6 Å². The molecular formula is C13H11FN2O2. The molecule has 4 N–H and O–H groups in total. The van der Waals surface area contributed by atoms with Crippen molar-refractivity contribution in [1.82, 2.24) is 0 Å². The fraction of sp³-hybridized carbons (Fsp3) is 0. The van der Waals surface area contributed by atoms with Crippen LogP contribution in [0.5, 0.6) is 0 Å². The van der Waals surface area contributed by atoms with E-state index in [2.05, 4.69) is 5.32 Å². The largest absolute Gasteiger partial charge is 0.478 e. The normalized spacial score (nSPS) is 10.1. The summed E-state index contributed by atoms with van der Waals surface area (Å²) in [5, 5.41) is 11.5. The minimum absolute atomic E-state index is 0.0981. The molecule has 0 atom stereocenters. The van der Waals surface area contributed by atoms with Crippen molar-refractivity contribution < 1.29 is 14.3 Å². The quantitative estimate of drug-likeness (QED) is 0.728. The van der Waals surface area contributed by atoms with Gasteiger partial charge in [0, 0.05) is 0 Å². The Morgan fingerprint density at radius 1 is 1.17 bits per heavy atom. The van der Waals surface area contributed by atoms with Crippen LogP contribution in [-0.2, 0) is 0 Å². The first-order chi connectivity index (χ1) is 8.58. The molecule has 0 unspecified atom stereocenters. The monoisotopic (exact) mass is 246 g/mol.